The Balaban J connectivity index is 1.75. The maximum absolute atomic E-state index is 13.3. The van der Waals surface area contributed by atoms with Gasteiger partial charge >= 0.3 is 12.4 Å². The van der Waals surface area contributed by atoms with Crippen molar-refractivity contribution in [2.45, 2.75) is 61.9 Å². The van der Waals surface area contributed by atoms with Gasteiger partial charge < -0.3 is 10.3 Å². The van der Waals surface area contributed by atoms with E-state index in [1.807, 2.05) is 0 Å². The van der Waals surface area contributed by atoms with Gasteiger partial charge in [-0.05, 0) is 38.0 Å². The fourth-order valence-electron chi connectivity index (χ4n) is 4.04. The summed E-state index contributed by atoms with van der Waals surface area (Å²) in [5.41, 5.74) is -1.30. The molecule has 4 rings (SSSR count). The second kappa shape index (κ2) is 9.59. The summed E-state index contributed by atoms with van der Waals surface area (Å²) in [6.45, 7) is 0.640. The first-order valence-electron chi connectivity index (χ1n) is 11.1. The second-order valence-electron chi connectivity index (χ2n) is 8.71. The molecule has 0 radical (unpaired) electrons. The van der Waals surface area contributed by atoms with Gasteiger partial charge in [0.25, 0.3) is 5.91 Å². The van der Waals surface area contributed by atoms with Gasteiger partial charge in [0.1, 0.15) is 16.6 Å². The maximum Gasteiger partial charge on any atom is 0.417 e. The number of carbonyl (C=O) groups is 1. The summed E-state index contributed by atoms with van der Waals surface area (Å²) in [5, 5.41) is 2.69. The van der Waals surface area contributed by atoms with Gasteiger partial charge in [0.15, 0.2) is 0 Å². The minimum Gasteiger partial charge on any atom is -0.349 e. The molecule has 3 aromatic rings. The van der Waals surface area contributed by atoms with Crippen LogP contribution in [0.4, 0.5) is 26.3 Å². The minimum absolute atomic E-state index is 0.0158. The standard InChI is InChI=1S/C22H21F6N5O3S/c1-11(21(23,24)25)33-37(35,36)14-6-7-16(29-10-14)18-17(20(34)31-13-4-2-3-5-13)15-8-12(22(26,27)28)9-30-19(15)32-18/h6-11,13,33H,2-5H2,1H3,(H,30,32)(H,31,34)/t11-/m0/s1. The van der Waals surface area contributed by atoms with Crippen LogP contribution in [0.15, 0.2) is 35.5 Å². The van der Waals surface area contributed by atoms with Crippen LogP contribution in [-0.2, 0) is 16.2 Å². The number of sulfonamides is 1. The Kier molecular flexibility index (Phi) is 6.96. The summed E-state index contributed by atoms with van der Waals surface area (Å²) >= 11 is 0. The molecule has 0 unspecified atom stereocenters. The number of pyridine rings is 2. The molecule has 1 saturated carbocycles. The number of amides is 1. The van der Waals surface area contributed by atoms with Gasteiger partial charge in [-0.25, -0.2) is 13.4 Å². The van der Waals surface area contributed by atoms with Crippen LogP contribution in [0.5, 0.6) is 0 Å². The largest absolute Gasteiger partial charge is 0.417 e. The van der Waals surface area contributed by atoms with Crippen LogP contribution >= 0.6 is 0 Å². The molecule has 1 aliphatic carbocycles. The summed E-state index contributed by atoms with van der Waals surface area (Å²) < 4.78 is 105. The second-order valence-corrected chi connectivity index (χ2v) is 10.4. The van der Waals surface area contributed by atoms with E-state index in [4.69, 9.17) is 0 Å². The summed E-state index contributed by atoms with van der Waals surface area (Å²) in [6, 6.07) is 0.380. The Labute approximate surface area is 206 Å². The van der Waals surface area contributed by atoms with E-state index in [1.54, 1.807) is 0 Å². The summed E-state index contributed by atoms with van der Waals surface area (Å²) in [5.74, 6) is -0.659. The molecule has 0 aliphatic heterocycles. The smallest absolute Gasteiger partial charge is 0.349 e. The molecule has 0 bridgehead atoms. The molecule has 37 heavy (non-hydrogen) atoms. The van der Waals surface area contributed by atoms with Gasteiger partial charge in [0, 0.05) is 23.8 Å². The highest BCUT2D eigenvalue weighted by Gasteiger charge is 2.39. The van der Waals surface area contributed by atoms with Gasteiger partial charge in [0.05, 0.1) is 22.5 Å². The molecule has 200 valence electrons. The molecule has 1 amide bonds. The maximum atomic E-state index is 13.3. The quantitative estimate of drug-likeness (QED) is 0.391. The molecule has 1 fully saturated rings. The number of halogens is 6. The number of carbonyl (C=O) groups excluding carboxylic acids is 1. The van der Waals surface area contributed by atoms with E-state index in [-0.39, 0.29) is 34.0 Å². The molecule has 1 aliphatic rings. The summed E-state index contributed by atoms with van der Waals surface area (Å²) in [7, 11) is -4.59. The SMILES string of the molecule is C[C@H](NS(=O)(=O)c1ccc(-c2[nH]c3ncc(C(F)(F)F)cc3c2C(=O)NC2CCCC2)nc1)C(F)(F)F. The van der Waals surface area contributed by atoms with Crippen molar-refractivity contribution >= 4 is 27.0 Å². The predicted molar refractivity (Wildman–Crippen MR) is 120 cm³/mol. The number of H-pyrrole nitrogens is 1. The zero-order valence-electron chi connectivity index (χ0n) is 19.2. The molecular weight excluding hydrogens is 528 g/mol. The third-order valence-electron chi connectivity index (χ3n) is 6.02. The minimum atomic E-state index is -4.81. The van der Waals surface area contributed by atoms with Crippen molar-refractivity contribution < 1.29 is 39.6 Å². The zero-order chi connectivity index (χ0) is 27.2. The topological polar surface area (TPSA) is 117 Å². The van der Waals surface area contributed by atoms with Crippen LogP contribution in [0, 0.1) is 0 Å². The van der Waals surface area contributed by atoms with Gasteiger partial charge in [-0.3, -0.25) is 9.78 Å². The van der Waals surface area contributed by atoms with Gasteiger partial charge in [-0.2, -0.15) is 31.1 Å². The molecular formula is C22H21F6N5O3S. The first-order chi connectivity index (χ1) is 17.2. The number of aromatic amines is 1. The van der Waals surface area contributed by atoms with Gasteiger partial charge in [-0.1, -0.05) is 12.8 Å². The third kappa shape index (κ3) is 5.71. The lowest BCUT2D eigenvalue weighted by Crippen LogP contribution is -2.42. The Bertz CT molecular complexity index is 1410. The first kappa shape index (κ1) is 26.9. The van der Waals surface area contributed by atoms with Crippen molar-refractivity contribution in [3.8, 4) is 11.4 Å². The molecule has 8 nitrogen and oxygen atoms in total. The normalized spacial score (nSPS) is 16.3. The van der Waals surface area contributed by atoms with Crippen LogP contribution in [-0.4, -0.2) is 47.5 Å². The number of hydrogen-bond acceptors (Lipinski definition) is 5. The van der Waals surface area contributed by atoms with E-state index >= 15 is 0 Å². The number of fused-ring (bicyclic) bond motifs is 1. The van der Waals surface area contributed by atoms with E-state index in [0.29, 0.717) is 26.0 Å². The lowest BCUT2D eigenvalue weighted by Gasteiger charge is -2.17. The molecule has 15 heteroatoms. The predicted octanol–water partition coefficient (Wildman–Crippen LogP) is 4.55. The van der Waals surface area contributed by atoms with Crippen molar-refractivity contribution in [3.63, 3.8) is 0 Å². The average molecular weight is 549 g/mol. The Hall–Kier alpha value is -3.20. The van der Waals surface area contributed by atoms with E-state index in [9.17, 15) is 39.6 Å². The van der Waals surface area contributed by atoms with E-state index in [1.165, 1.54) is 4.72 Å². The van der Waals surface area contributed by atoms with Crippen LogP contribution in [0.3, 0.4) is 0 Å². The Morgan fingerprint density at radius 2 is 1.76 bits per heavy atom. The number of hydrogen-bond donors (Lipinski definition) is 3. The first-order valence-corrected chi connectivity index (χ1v) is 12.6. The highest BCUT2D eigenvalue weighted by Crippen LogP contribution is 2.35. The molecule has 0 spiro atoms. The van der Waals surface area contributed by atoms with Crippen LogP contribution in [0.2, 0.25) is 0 Å². The van der Waals surface area contributed by atoms with Crippen molar-refractivity contribution in [1.29, 1.82) is 0 Å². The highest BCUT2D eigenvalue weighted by atomic mass is 32.2. The summed E-state index contributed by atoms with van der Waals surface area (Å²) in [6.07, 6.45) is -4.92. The van der Waals surface area contributed by atoms with Gasteiger partial charge in [-0.15, -0.1) is 0 Å². The van der Waals surface area contributed by atoms with Crippen LogP contribution in [0.1, 0.15) is 48.5 Å². The van der Waals surface area contributed by atoms with Crippen LogP contribution in [0.25, 0.3) is 22.4 Å². The van der Waals surface area contributed by atoms with E-state index < -0.39 is 44.8 Å². The van der Waals surface area contributed by atoms with Crippen molar-refractivity contribution in [2.24, 2.45) is 0 Å². The van der Waals surface area contributed by atoms with E-state index in [2.05, 4.69) is 20.3 Å². The Morgan fingerprint density at radius 1 is 1.08 bits per heavy atom. The number of alkyl halides is 6. The van der Waals surface area contributed by atoms with E-state index in [0.717, 1.165) is 37.2 Å². The van der Waals surface area contributed by atoms with Crippen molar-refractivity contribution in [2.75, 3.05) is 0 Å². The fourth-order valence-corrected chi connectivity index (χ4v) is 5.21. The molecule has 3 aromatic heterocycles. The molecule has 3 heterocycles. The summed E-state index contributed by atoms with van der Waals surface area (Å²) in [4.78, 5) is 23.1. The number of rotatable bonds is 6. The molecule has 1 atom stereocenters. The van der Waals surface area contributed by atoms with Crippen molar-refractivity contribution in [1.82, 2.24) is 25.0 Å². The third-order valence-corrected chi connectivity index (χ3v) is 7.55. The average Bonchev–Trinajstić information content (AvgIpc) is 3.44. The zero-order valence-corrected chi connectivity index (χ0v) is 20.0. The van der Waals surface area contributed by atoms with Crippen LogP contribution < -0.4 is 10.0 Å². The lowest BCUT2D eigenvalue weighted by molar-refractivity contribution is -0.147. The molecule has 3 N–H and O–H groups in total. The number of aromatic nitrogens is 3. The highest BCUT2D eigenvalue weighted by molar-refractivity contribution is 7.89. The monoisotopic (exact) mass is 549 g/mol. The lowest BCUT2D eigenvalue weighted by atomic mass is 10.1. The fraction of sp³-hybridized carbons (Fsp3) is 0.409. The molecule has 0 aromatic carbocycles. The number of nitrogens with zero attached hydrogens (tertiary/aromatic N) is 2. The number of nitrogens with one attached hydrogen (secondary N) is 3. The Morgan fingerprint density at radius 3 is 2.32 bits per heavy atom. The van der Waals surface area contributed by atoms with Gasteiger partial charge in [0.2, 0.25) is 10.0 Å². The van der Waals surface area contributed by atoms with Crippen molar-refractivity contribution in [3.05, 3.63) is 41.7 Å². The molecule has 0 saturated heterocycles.